The zero-order chi connectivity index (χ0) is 22.3. The third kappa shape index (κ3) is 5.80. The zero-order valence-electron chi connectivity index (χ0n) is 17.1. The van der Waals surface area contributed by atoms with Crippen molar-refractivity contribution in [3.05, 3.63) is 79.2 Å². The number of carbonyl (C=O) groups excluding carboxylic acids is 1. The molecule has 162 valence electrons. The van der Waals surface area contributed by atoms with Gasteiger partial charge in [-0.1, -0.05) is 24.3 Å². The average Bonchev–Trinajstić information content (AvgIpc) is 3.24. The molecule has 0 spiro atoms. The van der Waals surface area contributed by atoms with Crippen molar-refractivity contribution in [3.8, 4) is 11.5 Å². The van der Waals surface area contributed by atoms with E-state index >= 15 is 0 Å². The molecule has 3 rings (SSSR count). The number of anilines is 1. The van der Waals surface area contributed by atoms with Crippen molar-refractivity contribution in [1.82, 2.24) is 14.6 Å². The van der Waals surface area contributed by atoms with E-state index in [1.807, 2.05) is 30.3 Å². The number of urea groups is 1. The summed E-state index contributed by atoms with van der Waals surface area (Å²) in [6.07, 6.45) is 3.60. The molecule has 0 aliphatic rings. The number of carbonyl (C=O) groups is 1. The van der Waals surface area contributed by atoms with Crippen LogP contribution in [-0.4, -0.2) is 43.9 Å². The molecule has 0 saturated carbocycles. The average molecular weight is 441 g/mol. The zero-order valence-corrected chi connectivity index (χ0v) is 17.9. The van der Waals surface area contributed by atoms with Gasteiger partial charge in [0, 0.05) is 37.8 Å². The Balaban J connectivity index is 1.49. The summed E-state index contributed by atoms with van der Waals surface area (Å²) in [6, 6.07) is 15.1. The first-order valence-corrected chi connectivity index (χ1v) is 11.1. The van der Waals surface area contributed by atoms with E-state index in [2.05, 4.69) is 22.2 Å². The van der Waals surface area contributed by atoms with Crippen molar-refractivity contribution >= 4 is 21.7 Å². The summed E-state index contributed by atoms with van der Waals surface area (Å²) in [5.41, 5.74) is 2.11. The molecule has 1 aromatic heterocycles. The van der Waals surface area contributed by atoms with Crippen LogP contribution in [0.4, 0.5) is 10.5 Å². The van der Waals surface area contributed by atoms with Gasteiger partial charge in [-0.3, -0.25) is 0 Å². The normalized spacial score (nSPS) is 11.3. The summed E-state index contributed by atoms with van der Waals surface area (Å²) in [5, 5.41) is 5.41. The maximum absolute atomic E-state index is 12.4. The lowest BCUT2D eigenvalue weighted by Crippen LogP contribution is -2.30. The summed E-state index contributed by atoms with van der Waals surface area (Å²) in [4.78, 5) is 16.7. The number of hydrogen-bond donors (Lipinski definition) is 2. The molecular weight excluding hydrogens is 416 g/mol. The molecule has 0 fully saturated rings. The van der Waals surface area contributed by atoms with E-state index in [4.69, 9.17) is 4.42 Å². The Bertz CT molecular complexity index is 1130. The summed E-state index contributed by atoms with van der Waals surface area (Å²) in [7, 11) is -2.11. The highest BCUT2D eigenvalue weighted by molar-refractivity contribution is 7.89. The van der Waals surface area contributed by atoms with Crippen molar-refractivity contribution < 1.29 is 17.6 Å². The fourth-order valence-electron chi connectivity index (χ4n) is 2.78. The van der Waals surface area contributed by atoms with E-state index in [1.165, 1.54) is 41.7 Å². The Hall–Kier alpha value is -3.43. The lowest BCUT2D eigenvalue weighted by atomic mass is 10.2. The number of nitrogens with zero attached hydrogens (tertiary/aromatic N) is 2. The van der Waals surface area contributed by atoms with Crippen LogP contribution < -0.4 is 10.6 Å². The fourth-order valence-corrected chi connectivity index (χ4v) is 3.93. The van der Waals surface area contributed by atoms with Crippen LogP contribution in [0.3, 0.4) is 0 Å². The molecule has 2 amide bonds. The van der Waals surface area contributed by atoms with Crippen LogP contribution in [0.2, 0.25) is 0 Å². The van der Waals surface area contributed by atoms with E-state index < -0.39 is 16.1 Å². The molecule has 0 aliphatic heterocycles. The van der Waals surface area contributed by atoms with Crippen molar-refractivity contribution in [2.24, 2.45) is 0 Å². The molecule has 8 nitrogen and oxygen atoms in total. The first kappa shape index (κ1) is 22.3. The molecule has 9 heteroatoms. The molecular formula is C22H24N4O4S. The van der Waals surface area contributed by atoms with Gasteiger partial charge < -0.3 is 15.1 Å². The topological polar surface area (TPSA) is 105 Å². The number of hydrogen-bond acceptors (Lipinski definition) is 5. The second-order valence-electron chi connectivity index (χ2n) is 6.74. The van der Waals surface area contributed by atoms with Gasteiger partial charge in [-0.25, -0.2) is 18.2 Å². The number of sulfonamides is 1. The van der Waals surface area contributed by atoms with Gasteiger partial charge in [-0.05, 0) is 36.4 Å². The monoisotopic (exact) mass is 440 g/mol. The number of aromatic nitrogens is 1. The van der Waals surface area contributed by atoms with Crippen LogP contribution in [0.5, 0.6) is 0 Å². The van der Waals surface area contributed by atoms with Crippen LogP contribution in [0.25, 0.3) is 11.5 Å². The number of benzene rings is 2. The molecule has 2 aromatic carbocycles. The smallest absolute Gasteiger partial charge is 0.319 e. The Morgan fingerprint density at radius 2 is 1.87 bits per heavy atom. The van der Waals surface area contributed by atoms with Gasteiger partial charge in [0.2, 0.25) is 15.9 Å². The molecule has 0 saturated heterocycles. The maximum atomic E-state index is 12.4. The fraction of sp³-hybridized carbons (Fsp3) is 0.182. The Morgan fingerprint density at radius 1 is 1.16 bits per heavy atom. The van der Waals surface area contributed by atoms with Crippen molar-refractivity contribution in [2.75, 3.05) is 25.5 Å². The SMILES string of the molecule is C=CCN(C)S(=O)(=O)c1ccc(NC(=O)NCCc2coc(-c3ccccc3)n2)cc1. The highest BCUT2D eigenvalue weighted by atomic mass is 32.2. The predicted molar refractivity (Wildman–Crippen MR) is 119 cm³/mol. The molecule has 0 bridgehead atoms. The first-order valence-electron chi connectivity index (χ1n) is 9.62. The third-order valence-corrected chi connectivity index (χ3v) is 6.28. The molecule has 0 unspecified atom stereocenters. The molecule has 3 aromatic rings. The molecule has 0 radical (unpaired) electrons. The highest BCUT2D eigenvalue weighted by Gasteiger charge is 2.19. The van der Waals surface area contributed by atoms with E-state index in [-0.39, 0.29) is 11.4 Å². The Kier molecular flexibility index (Phi) is 7.22. The second kappa shape index (κ2) is 10.1. The summed E-state index contributed by atoms with van der Waals surface area (Å²) in [5.74, 6) is 0.536. The van der Waals surface area contributed by atoms with Gasteiger partial charge in [-0.15, -0.1) is 6.58 Å². The summed E-state index contributed by atoms with van der Waals surface area (Å²) >= 11 is 0. The molecule has 0 aliphatic carbocycles. The number of nitrogens with one attached hydrogen (secondary N) is 2. The third-order valence-electron chi connectivity index (χ3n) is 4.45. The molecule has 31 heavy (non-hydrogen) atoms. The van der Waals surface area contributed by atoms with Gasteiger partial charge in [0.05, 0.1) is 10.6 Å². The summed E-state index contributed by atoms with van der Waals surface area (Å²) < 4.78 is 31.5. The lowest BCUT2D eigenvalue weighted by Gasteiger charge is -2.15. The van der Waals surface area contributed by atoms with Gasteiger partial charge in [0.1, 0.15) is 6.26 Å². The van der Waals surface area contributed by atoms with Crippen molar-refractivity contribution in [1.29, 1.82) is 0 Å². The van der Waals surface area contributed by atoms with Gasteiger partial charge in [0.15, 0.2) is 0 Å². The number of likely N-dealkylation sites (N-methyl/N-ethyl adjacent to an activating group) is 1. The number of rotatable bonds is 9. The standard InChI is InChI=1S/C22H24N4O4S/c1-3-15-26(2)31(28,29)20-11-9-18(10-12-20)25-22(27)23-14-13-19-16-30-21(24-19)17-7-5-4-6-8-17/h3-12,16H,1,13-15H2,2H3,(H2,23,25,27). The maximum Gasteiger partial charge on any atom is 0.319 e. The van der Waals surface area contributed by atoms with Crippen molar-refractivity contribution in [3.63, 3.8) is 0 Å². The van der Waals surface area contributed by atoms with Gasteiger partial charge >= 0.3 is 6.03 Å². The van der Waals surface area contributed by atoms with Gasteiger partial charge in [-0.2, -0.15) is 4.31 Å². The Morgan fingerprint density at radius 3 is 2.55 bits per heavy atom. The summed E-state index contributed by atoms with van der Waals surface area (Å²) in [6.45, 7) is 4.12. The van der Waals surface area contributed by atoms with E-state index in [1.54, 1.807) is 6.26 Å². The van der Waals surface area contributed by atoms with E-state index in [0.29, 0.717) is 24.5 Å². The lowest BCUT2D eigenvalue weighted by molar-refractivity contribution is 0.252. The van der Waals surface area contributed by atoms with Crippen molar-refractivity contribution in [2.45, 2.75) is 11.3 Å². The molecule has 0 atom stereocenters. The van der Waals surface area contributed by atoms with Crippen LogP contribution in [0.1, 0.15) is 5.69 Å². The molecule has 1 heterocycles. The predicted octanol–water partition coefficient (Wildman–Crippen LogP) is 3.51. The van der Waals surface area contributed by atoms with Crippen LogP contribution in [0, 0.1) is 0 Å². The minimum absolute atomic E-state index is 0.142. The first-order chi connectivity index (χ1) is 14.9. The largest absolute Gasteiger partial charge is 0.444 e. The second-order valence-corrected chi connectivity index (χ2v) is 8.78. The number of oxazole rings is 1. The minimum atomic E-state index is -3.59. The van der Waals surface area contributed by atoms with Gasteiger partial charge in [0.25, 0.3) is 0 Å². The van der Waals surface area contributed by atoms with Crippen LogP contribution in [-0.2, 0) is 16.4 Å². The number of amides is 2. The van der Waals surface area contributed by atoms with Crippen LogP contribution in [0.15, 0.2) is 82.8 Å². The van der Waals surface area contributed by atoms with Crippen LogP contribution >= 0.6 is 0 Å². The molecule has 2 N–H and O–H groups in total. The van der Waals surface area contributed by atoms with E-state index in [9.17, 15) is 13.2 Å². The quantitative estimate of drug-likeness (QED) is 0.496. The van der Waals surface area contributed by atoms with E-state index in [0.717, 1.165) is 11.3 Å². The minimum Gasteiger partial charge on any atom is -0.444 e. The highest BCUT2D eigenvalue weighted by Crippen LogP contribution is 2.19. The Labute approximate surface area is 181 Å².